The summed E-state index contributed by atoms with van der Waals surface area (Å²) in [6, 6.07) is 10.1. The minimum atomic E-state index is -3.68. The van der Waals surface area contributed by atoms with E-state index in [0.29, 0.717) is 11.2 Å². The van der Waals surface area contributed by atoms with Gasteiger partial charge in [-0.25, -0.2) is 13.4 Å². The third-order valence-electron chi connectivity index (χ3n) is 3.70. The molecular weight excluding hydrogens is 314 g/mol. The maximum Gasteiger partial charge on any atom is 0.261 e. The van der Waals surface area contributed by atoms with Gasteiger partial charge in [-0.05, 0) is 36.4 Å². The standard InChI is InChI=1S/C15H13N5O2S/c1-20-9-16-14-7-12(4-5-15(14)20)23(21,22)19-11-3-2-10-8-17-18-13(10)6-11/h2-9,19H,1H3,(H,17,18). The Labute approximate surface area is 132 Å². The van der Waals surface area contributed by atoms with Crippen molar-refractivity contribution in [3.05, 3.63) is 48.9 Å². The summed E-state index contributed by atoms with van der Waals surface area (Å²) in [5.41, 5.74) is 2.76. The molecule has 0 amide bonds. The lowest BCUT2D eigenvalue weighted by Gasteiger charge is -2.08. The van der Waals surface area contributed by atoms with Gasteiger partial charge in [-0.1, -0.05) is 0 Å². The van der Waals surface area contributed by atoms with Gasteiger partial charge >= 0.3 is 0 Å². The molecule has 116 valence electrons. The van der Waals surface area contributed by atoms with Crippen molar-refractivity contribution in [1.29, 1.82) is 0 Å². The fourth-order valence-corrected chi connectivity index (χ4v) is 3.57. The highest BCUT2D eigenvalue weighted by atomic mass is 32.2. The molecule has 8 heteroatoms. The Hall–Kier alpha value is -2.87. The topological polar surface area (TPSA) is 92.7 Å². The van der Waals surface area contributed by atoms with Gasteiger partial charge in [-0.2, -0.15) is 5.10 Å². The van der Waals surface area contributed by atoms with Crippen molar-refractivity contribution in [3.63, 3.8) is 0 Å². The van der Waals surface area contributed by atoms with Crippen LogP contribution in [0.15, 0.2) is 53.8 Å². The van der Waals surface area contributed by atoms with Crippen molar-refractivity contribution in [3.8, 4) is 0 Å². The number of nitrogens with zero attached hydrogens (tertiary/aromatic N) is 3. The van der Waals surface area contributed by atoms with Crippen LogP contribution in [0.25, 0.3) is 21.9 Å². The van der Waals surface area contributed by atoms with E-state index in [1.54, 1.807) is 48.9 Å². The van der Waals surface area contributed by atoms with Gasteiger partial charge in [-0.3, -0.25) is 9.82 Å². The Balaban J connectivity index is 1.72. The summed E-state index contributed by atoms with van der Waals surface area (Å²) in [4.78, 5) is 4.37. The number of fused-ring (bicyclic) bond motifs is 2. The molecule has 0 unspecified atom stereocenters. The van der Waals surface area contributed by atoms with E-state index in [4.69, 9.17) is 0 Å². The maximum atomic E-state index is 12.6. The summed E-state index contributed by atoms with van der Waals surface area (Å²) in [5, 5.41) is 7.65. The predicted molar refractivity (Wildman–Crippen MR) is 87.6 cm³/mol. The van der Waals surface area contributed by atoms with Crippen molar-refractivity contribution >= 4 is 37.6 Å². The minimum Gasteiger partial charge on any atom is -0.334 e. The monoisotopic (exact) mass is 327 g/mol. The van der Waals surface area contributed by atoms with Gasteiger partial charge in [0.25, 0.3) is 10.0 Å². The van der Waals surface area contributed by atoms with Gasteiger partial charge in [0.15, 0.2) is 0 Å². The number of anilines is 1. The third kappa shape index (κ3) is 2.33. The first-order chi connectivity index (χ1) is 11.0. The average molecular weight is 327 g/mol. The zero-order valence-electron chi connectivity index (χ0n) is 12.2. The van der Waals surface area contributed by atoms with E-state index < -0.39 is 10.0 Å². The van der Waals surface area contributed by atoms with Crippen molar-refractivity contribution < 1.29 is 8.42 Å². The molecule has 2 aromatic heterocycles. The average Bonchev–Trinajstić information content (AvgIpc) is 3.13. The summed E-state index contributed by atoms with van der Waals surface area (Å²) in [6.45, 7) is 0. The van der Waals surface area contributed by atoms with Crippen LogP contribution in [-0.2, 0) is 17.1 Å². The van der Waals surface area contributed by atoms with Gasteiger partial charge in [-0.15, -0.1) is 0 Å². The lowest BCUT2D eigenvalue weighted by molar-refractivity contribution is 0.601. The summed E-state index contributed by atoms with van der Waals surface area (Å²) in [5.74, 6) is 0. The van der Waals surface area contributed by atoms with E-state index in [0.717, 1.165) is 16.4 Å². The van der Waals surface area contributed by atoms with Gasteiger partial charge in [0.1, 0.15) is 0 Å². The fraction of sp³-hybridized carbons (Fsp3) is 0.0667. The second-order valence-corrected chi connectivity index (χ2v) is 6.97. The molecule has 7 nitrogen and oxygen atoms in total. The number of hydrogen-bond donors (Lipinski definition) is 2. The third-order valence-corrected chi connectivity index (χ3v) is 5.08. The van der Waals surface area contributed by atoms with Crippen molar-refractivity contribution in [2.45, 2.75) is 4.90 Å². The molecule has 2 N–H and O–H groups in total. The first-order valence-electron chi connectivity index (χ1n) is 6.90. The summed E-state index contributed by atoms with van der Waals surface area (Å²) in [6.07, 6.45) is 3.34. The summed E-state index contributed by atoms with van der Waals surface area (Å²) >= 11 is 0. The highest BCUT2D eigenvalue weighted by molar-refractivity contribution is 7.92. The lowest BCUT2D eigenvalue weighted by Crippen LogP contribution is -2.12. The molecule has 0 aliphatic heterocycles. The molecule has 0 bridgehead atoms. The molecule has 4 rings (SSSR count). The molecule has 0 radical (unpaired) electrons. The molecule has 23 heavy (non-hydrogen) atoms. The van der Waals surface area contributed by atoms with Crippen LogP contribution in [-0.4, -0.2) is 28.2 Å². The highest BCUT2D eigenvalue weighted by Crippen LogP contribution is 2.22. The molecular formula is C15H13N5O2S. The number of rotatable bonds is 3. The Morgan fingerprint density at radius 3 is 2.91 bits per heavy atom. The van der Waals surface area contributed by atoms with E-state index in [9.17, 15) is 8.42 Å². The number of hydrogen-bond acceptors (Lipinski definition) is 4. The molecule has 2 heterocycles. The molecule has 0 spiro atoms. The van der Waals surface area contributed by atoms with Crippen LogP contribution in [0.2, 0.25) is 0 Å². The van der Waals surface area contributed by atoms with Crippen LogP contribution in [0.3, 0.4) is 0 Å². The number of aromatic nitrogens is 4. The normalized spacial score (nSPS) is 12.0. The van der Waals surface area contributed by atoms with Crippen LogP contribution in [0.1, 0.15) is 0 Å². The van der Waals surface area contributed by atoms with E-state index in [1.807, 2.05) is 11.6 Å². The molecule has 0 saturated heterocycles. The zero-order valence-corrected chi connectivity index (χ0v) is 13.0. The van der Waals surface area contributed by atoms with Crippen LogP contribution < -0.4 is 4.72 Å². The zero-order chi connectivity index (χ0) is 16.0. The highest BCUT2D eigenvalue weighted by Gasteiger charge is 2.16. The minimum absolute atomic E-state index is 0.174. The van der Waals surface area contributed by atoms with Crippen molar-refractivity contribution in [2.75, 3.05) is 4.72 Å². The van der Waals surface area contributed by atoms with Crippen molar-refractivity contribution in [1.82, 2.24) is 19.7 Å². The number of aromatic amines is 1. The number of H-pyrrole nitrogens is 1. The second-order valence-electron chi connectivity index (χ2n) is 5.28. The van der Waals surface area contributed by atoms with Gasteiger partial charge in [0.05, 0.1) is 39.7 Å². The Bertz CT molecular complexity index is 1130. The predicted octanol–water partition coefficient (Wildman–Crippen LogP) is 2.25. The maximum absolute atomic E-state index is 12.6. The van der Waals surface area contributed by atoms with Crippen LogP contribution >= 0.6 is 0 Å². The van der Waals surface area contributed by atoms with E-state index in [1.165, 1.54) is 0 Å². The van der Waals surface area contributed by atoms with Crippen LogP contribution in [0.5, 0.6) is 0 Å². The first kappa shape index (κ1) is 13.8. The summed E-state index contributed by atoms with van der Waals surface area (Å²) < 4.78 is 29.5. The largest absolute Gasteiger partial charge is 0.334 e. The SMILES string of the molecule is Cn1cnc2cc(S(=O)(=O)Nc3ccc4cn[nH]c4c3)ccc21. The van der Waals surface area contributed by atoms with Crippen LogP contribution in [0.4, 0.5) is 5.69 Å². The van der Waals surface area contributed by atoms with E-state index >= 15 is 0 Å². The second kappa shape index (κ2) is 4.82. The number of aryl methyl sites for hydroxylation is 1. The molecule has 4 aromatic rings. The van der Waals surface area contributed by atoms with Gasteiger partial charge in [0, 0.05) is 12.4 Å². The Kier molecular flexibility index (Phi) is 2.88. The number of imidazole rings is 1. The number of sulfonamides is 1. The molecule has 2 aromatic carbocycles. The van der Waals surface area contributed by atoms with Gasteiger partial charge in [0.2, 0.25) is 0 Å². The summed E-state index contributed by atoms with van der Waals surface area (Å²) in [7, 11) is -1.82. The smallest absolute Gasteiger partial charge is 0.261 e. The Morgan fingerprint density at radius 2 is 2.04 bits per heavy atom. The fourth-order valence-electron chi connectivity index (χ4n) is 2.50. The van der Waals surface area contributed by atoms with E-state index in [-0.39, 0.29) is 4.90 Å². The van der Waals surface area contributed by atoms with Crippen molar-refractivity contribution in [2.24, 2.45) is 7.05 Å². The molecule has 0 aliphatic rings. The van der Waals surface area contributed by atoms with E-state index in [2.05, 4.69) is 19.9 Å². The number of nitrogens with one attached hydrogen (secondary N) is 2. The molecule has 0 aliphatic carbocycles. The molecule has 0 saturated carbocycles. The Morgan fingerprint density at radius 1 is 1.17 bits per heavy atom. The molecule has 0 atom stereocenters. The lowest BCUT2D eigenvalue weighted by atomic mass is 10.2. The number of benzene rings is 2. The van der Waals surface area contributed by atoms with Gasteiger partial charge < -0.3 is 4.57 Å². The van der Waals surface area contributed by atoms with Crippen LogP contribution in [0, 0.1) is 0 Å². The quantitative estimate of drug-likeness (QED) is 0.603. The first-order valence-corrected chi connectivity index (χ1v) is 8.38. The molecule has 0 fully saturated rings.